The van der Waals surface area contributed by atoms with Gasteiger partial charge in [-0.25, -0.2) is 8.78 Å². The number of ketones is 1. The first kappa shape index (κ1) is 13.7. The van der Waals surface area contributed by atoms with Gasteiger partial charge < -0.3 is 0 Å². The lowest BCUT2D eigenvalue weighted by Crippen LogP contribution is -2.04. The maximum atomic E-state index is 13.4. The van der Waals surface area contributed by atoms with Crippen molar-refractivity contribution in [2.75, 3.05) is 0 Å². The van der Waals surface area contributed by atoms with Crippen LogP contribution in [0.3, 0.4) is 0 Å². The van der Waals surface area contributed by atoms with Gasteiger partial charge in [0.2, 0.25) is 0 Å². The Labute approximate surface area is 114 Å². The molecule has 1 nitrogen and oxygen atoms in total. The van der Waals surface area contributed by atoms with E-state index < -0.39 is 11.6 Å². The molecule has 2 aromatic carbocycles. The number of benzene rings is 2. The number of rotatable bonds is 4. The van der Waals surface area contributed by atoms with Crippen molar-refractivity contribution in [3.8, 4) is 0 Å². The number of hydrogen-bond donors (Lipinski definition) is 0. The lowest BCUT2D eigenvalue weighted by molar-refractivity contribution is 0.0979. The molecular formula is C15H11ClF2O. The maximum absolute atomic E-state index is 13.4. The highest BCUT2D eigenvalue weighted by Crippen LogP contribution is 2.17. The van der Waals surface area contributed by atoms with Crippen molar-refractivity contribution in [3.05, 3.63) is 70.2 Å². The molecule has 2 aromatic rings. The van der Waals surface area contributed by atoms with E-state index in [4.69, 9.17) is 11.6 Å². The van der Waals surface area contributed by atoms with Gasteiger partial charge in [-0.1, -0.05) is 23.7 Å². The van der Waals surface area contributed by atoms with E-state index in [-0.39, 0.29) is 22.8 Å². The molecule has 0 saturated heterocycles. The van der Waals surface area contributed by atoms with Crippen LogP contribution >= 0.6 is 11.6 Å². The normalized spacial score (nSPS) is 10.5. The zero-order chi connectivity index (χ0) is 13.8. The minimum absolute atomic E-state index is 0.0602. The molecule has 0 aliphatic heterocycles. The average Bonchev–Trinajstić information content (AvgIpc) is 2.35. The fourth-order valence-electron chi connectivity index (χ4n) is 1.84. The van der Waals surface area contributed by atoms with E-state index in [1.807, 2.05) is 0 Å². The van der Waals surface area contributed by atoms with Crippen LogP contribution in [0.15, 0.2) is 42.5 Å². The molecule has 0 radical (unpaired) electrons. The molecule has 0 aromatic heterocycles. The van der Waals surface area contributed by atoms with Gasteiger partial charge in [-0.2, -0.15) is 0 Å². The molecule has 0 fully saturated rings. The van der Waals surface area contributed by atoms with Crippen LogP contribution in [-0.2, 0) is 6.42 Å². The smallest absolute Gasteiger partial charge is 0.166 e. The average molecular weight is 281 g/mol. The van der Waals surface area contributed by atoms with E-state index in [2.05, 4.69) is 0 Å². The molecule has 0 spiro atoms. The molecule has 19 heavy (non-hydrogen) atoms. The van der Waals surface area contributed by atoms with Crippen molar-refractivity contribution >= 4 is 17.4 Å². The Hall–Kier alpha value is -1.74. The van der Waals surface area contributed by atoms with Crippen molar-refractivity contribution in [3.63, 3.8) is 0 Å². The van der Waals surface area contributed by atoms with Gasteiger partial charge in [-0.15, -0.1) is 0 Å². The summed E-state index contributed by atoms with van der Waals surface area (Å²) in [7, 11) is 0. The van der Waals surface area contributed by atoms with E-state index in [1.165, 1.54) is 30.3 Å². The van der Waals surface area contributed by atoms with E-state index in [0.717, 1.165) is 0 Å². The lowest BCUT2D eigenvalue weighted by Gasteiger charge is -2.04. The largest absolute Gasteiger partial charge is 0.294 e. The molecule has 0 unspecified atom stereocenters. The standard InChI is InChI=1S/C15H11ClF2O/c16-11-7-10(8-12(17)9-11)5-6-15(19)13-3-1-2-4-14(13)18/h1-4,7-9H,5-6H2. The summed E-state index contributed by atoms with van der Waals surface area (Å²) in [4.78, 5) is 11.8. The highest BCUT2D eigenvalue weighted by molar-refractivity contribution is 6.30. The zero-order valence-electron chi connectivity index (χ0n) is 10.00. The second kappa shape index (κ2) is 5.93. The van der Waals surface area contributed by atoms with E-state index >= 15 is 0 Å². The van der Waals surface area contributed by atoms with Gasteiger partial charge in [0.1, 0.15) is 11.6 Å². The summed E-state index contributed by atoms with van der Waals surface area (Å²) in [5, 5.41) is 0.286. The predicted molar refractivity (Wildman–Crippen MR) is 70.5 cm³/mol. The van der Waals surface area contributed by atoms with Gasteiger partial charge in [0, 0.05) is 11.4 Å². The summed E-state index contributed by atoms with van der Waals surface area (Å²) in [6, 6.07) is 9.93. The van der Waals surface area contributed by atoms with Crippen LogP contribution in [0.4, 0.5) is 8.78 Å². The minimum atomic E-state index is -0.537. The van der Waals surface area contributed by atoms with E-state index in [0.29, 0.717) is 12.0 Å². The van der Waals surface area contributed by atoms with Crippen molar-refractivity contribution < 1.29 is 13.6 Å². The molecule has 98 valence electrons. The highest BCUT2D eigenvalue weighted by Gasteiger charge is 2.11. The number of aryl methyl sites for hydroxylation is 1. The molecule has 0 N–H and O–H groups in total. The molecular weight excluding hydrogens is 270 g/mol. The van der Waals surface area contributed by atoms with Gasteiger partial charge in [-0.3, -0.25) is 4.79 Å². The molecule has 0 heterocycles. The van der Waals surface area contributed by atoms with Gasteiger partial charge in [-0.05, 0) is 42.3 Å². The minimum Gasteiger partial charge on any atom is -0.294 e. The molecule has 0 aliphatic rings. The lowest BCUT2D eigenvalue weighted by atomic mass is 10.0. The summed E-state index contributed by atoms with van der Waals surface area (Å²) in [5.41, 5.74) is 0.680. The van der Waals surface area contributed by atoms with Crippen LogP contribution < -0.4 is 0 Å². The Balaban J connectivity index is 2.07. The van der Waals surface area contributed by atoms with Crippen molar-refractivity contribution in [2.24, 2.45) is 0 Å². The Morgan fingerprint density at radius 1 is 1.11 bits per heavy atom. The fraction of sp³-hybridized carbons (Fsp3) is 0.133. The summed E-state index contributed by atoms with van der Waals surface area (Å²) >= 11 is 5.72. The van der Waals surface area contributed by atoms with E-state index in [9.17, 15) is 13.6 Å². The van der Waals surface area contributed by atoms with Gasteiger partial charge in [0.15, 0.2) is 5.78 Å². The predicted octanol–water partition coefficient (Wildman–Crippen LogP) is 4.43. The molecule has 4 heteroatoms. The Kier molecular flexibility index (Phi) is 4.27. The first-order valence-corrected chi connectivity index (χ1v) is 6.17. The third kappa shape index (κ3) is 3.61. The number of halogens is 3. The Morgan fingerprint density at radius 3 is 2.53 bits per heavy atom. The maximum Gasteiger partial charge on any atom is 0.166 e. The first-order chi connectivity index (χ1) is 9.06. The second-order valence-electron chi connectivity index (χ2n) is 4.18. The summed E-state index contributed by atoms with van der Waals surface area (Å²) in [6.07, 6.45) is 0.436. The third-order valence-corrected chi connectivity index (χ3v) is 2.96. The fourth-order valence-corrected chi connectivity index (χ4v) is 2.08. The Morgan fingerprint density at radius 2 is 1.84 bits per heavy atom. The molecule has 0 bridgehead atoms. The summed E-state index contributed by atoms with van der Waals surface area (Å²) < 4.78 is 26.5. The quantitative estimate of drug-likeness (QED) is 0.757. The third-order valence-electron chi connectivity index (χ3n) is 2.74. The van der Waals surface area contributed by atoms with Gasteiger partial charge in [0.25, 0.3) is 0 Å². The Bertz CT molecular complexity index is 591. The van der Waals surface area contributed by atoms with Crippen molar-refractivity contribution in [1.29, 1.82) is 0 Å². The van der Waals surface area contributed by atoms with Gasteiger partial charge in [0.05, 0.1) is 5.56 Å². The van der Waals surface area contributed by atoms with Crippen LogP contribution in [-0.4, -0.2) is 5.78 Å². The molecule has 2 rings (SSSR count). The van der Waals surface area contributed by atoms with Crippen LogP contribution in [0.5, 0.6) is 0 Å². The zero-order valence-corrected chi connectivity index (χ0v) is 10.8. The number of Topliss-reactive ketones (excluding diaryl/α,β-unsaturated/α-hetero) is 1. The SMILES string of the molecule is O=C(CCc1cc(F)cc(Cl)c1)c1ccccc1F. The summed E-state index contributed by atoms with van der Waals surface area (Å²) in [6.45, 7) is 0. The van der Waals surface area contributed by atoms with Crippen molar-refractivity contribution in [1.82, 2.24) is 0 Å². The van der Waals surface area contributed by atoms with Crippen LogP contribution in [0, 0.1) is 11.6 Å². The summed E-state index contributed by atoms with van der Waals surface area (Å²) in [5.74, 6) is -1.29. The number of carbonyl (C=O) groups excluding carboxylic acids is 1. The monoisotopic (exact) mass is 280 g/mol. The second-order valence-corrected chi connectivity index (χ2v) is 4.62. The molecule has 0 aliphatic carbocycles. The van der Waals surface area contributed by atoms with Crippen LogP contribution in [0.25, 0.3) is 0 Å². The number of hydrogen-bond acceptors (Lipinski definition) is 1. The van der Waals surface area contributed by atoms with E-state index in [1.54, 1.807) is 12.1 Å². The molecule has 0 atom stereocenters. The number of carbonyl (C=O) groups is 1. The molecule has 0 saturated carbocycles. The van der Waals surface area contributed by atoms with Crippen LogP contribution in [0.1, 0.15) is 22.3 Å². The molecule has 0 amide bonds. The highest BCUT2D eigenvalue weighted by atomic mass is 35.5. The first-order valence-electron chi connectivity index (χ1n) is 5.79. The van der Waals surface area contributed by atoms with Crippen LogP contribution in [0.2, 0.25) is 5.02 Å². The van der Waals surface area contributed by atoms with Gasteiger partial charge >= 0.3 is 0 Å². The topological polar surface area (TPSA) is 17.1 Å². The van der Waals surface area contributed by atoms with Crippen molar-refractivity contribution in [2.45, 2.75) is 12.8 Å².